The summed E-state index contributed by atoms with van der Waals surface area (Å²) in [7, 11) is 0. The molecule has 1 aliphatic heterocycles. The molecule has 4 rings (SSSR count). The minimum absolute atomic E-state index is 0.00146. The lowest BCUT2D eigenvalue weighted by Gasteiger charge is -2.33. The first-order valence-electron chi connectivity index (χ1n) is 8.45. The molecule has 1 atom stereocenters. The molecule has 6 heteroatoms. The second kappa shape index (κ2) is 7.05. The normalized spacial score (nSPS) is 16.2. The van der Waals surface area contributed by atoms with Crippen LogP contribution in [0.3, 0.4) is 0 Å². The summed E-state index contributed by atoms with van der Waals surface area (Å²) in [5.41, 5.74) is 2.48. The van der Waals surface area contributed by atoms with Crippen LogP contribution < -0.4 is 5.32 Å². The molecule has 0 aliphatic carbocycles. The Labute approximate surface area is 160 Å². The molecule has 0 radical (unpaired) electrons. The molecule has 0 saturated carbocycles. The molecule has 4 nitrogen and oxygen atoms in total. The van der Waals surface area contributed by atoms with Gasteiger partial charge in [0.05, 0.1) is 10.9 Å². The quantitative estimate of drug-likeness (QED) is 0.706. The van der Waals surface area contributed by atoms with Gasteiger partial charge in [0.2, 0.25) is 0 Å². The topological polar surface area (TPSA) is 49.4 Å². The van der Waals surface area contributed by atoms with Crippen LogP contribution in [0.15, 0.2) is 53.2 Å². The molecular formula is C20H18N2O2S2. The minimum Gasteiger partial charge on any atom is -0.331 e. The van der Waals surface area contributed by atoms with E-state index >= 15 is 0 Å². The Hall–Kier alpha value is -2.44. The van der Waals surface area contributed by atoms with E-state index in [9.17, 15) is 9.59 Å². The maximum atomic E-state index is 13.0. The number of carbonyl (C=O) groups is 2. The van der Waals surface area contributed by atoms with E-state index in [2.05, 4.69) is 23.7 Å². The van der Waals surface area contributed by atoms with Crippen LogP contribution in [0.4, 0.5) is 5.69 Å². The lowest BCUT2D eigenvalue weighted by atomic mass is 10.00. The Morgan fingerprint density at radius 1 is 1.12 bits per heavy atom. The van der Waals surface area contributed by atoms with Gasteiger partial charge in [-0.2, -0.15) is 0 Å². The third-order valence-corrected chi connectivity index (χ3v) is 6.52. The molecule has 0 bridgehead atoms. The van der Waals surface area contributed by atoms with Crippen LogP contribution in [0.5, 0.6) is 0 Å². The van der Waals surface area contributed by atoms with Gasteiger partial charge in [0.1, 0.15) is 0 Å². The first kappa shape index (κ1) is 17.0. The number of hydrogen-bond donors (Lipinski definition) is 1. The number of hydrogen-bond acceptors (Lipinski definition) is 4. The zero-order valence-corrected chi connectivity index (χ0v) is 15.9. The maximum Gasteiger partial charge on any atom is 0.265 e. The predicted octanol–water partition coefficient (Wildman–Crippen LogP) is 4.82. The van der Waals surface area contributed by atoms with Crippen LogP contribution in [0, 0.1) is 0 Å². The van der Waals surface area contributed by atoms with E-state index < -0.39 is 0 Å². The number of nitrogens with one attached hydrogen (secondary N) is 1. The van der Waals surface area contributed by atoms with Crippen molar-refractivity contribution in [2.45, 2.75) is 19.4 Å². The highest BCUT2D eigenvalue weighted by molar-refractivity contribution is 7.12. The van der Waals surface area contributed by atoms with Gasteiger partial charge < -0.3 is 10.2 Å². The van der Waals surface area contributed by atoms with Crippen molar-refractivity contribution in [3.8, 4) is 0 Å². The second-order valence-electron chi connectivity index (χ2n) is 6.24. The highest BCUT2D eigenvalue weighted by atomic mass is 32.1. The summed E-state index contributed by atoms with van der Waals surface area (Å²) in [5, 5.41) is 6.83. The fraction of sp³-hybridized carbons (Fsp3) is 0.200. The van der Waals surface area contributed by atoms with Crippen LogP contribution in [0.1, 0.15) is 43.4 Å². The molecule has 0 saturated heterocycles. The maximum absolute atomic E-state index is 13.0. The van der Waals surface area contributed by atoms with Crippen molar-refractivity contribution in [2.24, 2.45) is 0 Å². The molecule has 0 unspecified atom stereocenters. The third-order valence-electron chi connectivity index (χ3n) is 4.65. The van der Waals surface area contributed by atoms with E-state index in [1.54, 1.807) is 35.6 Å². The summed E-state index contributed by atoms with van der Waals surface area (Å²) >= 11 is 3.15. The van der Waals surface area contributed by atoms with Gasteiger partial charge in [-0.25, -0.2) is 0 Å². The first-order valence-corrected chi connectivity index (χ1v) is 10.2. The van der Waals surface area contributed by atoms with E-state index in [0.29, 0.717) is 16.1 Å². The second-order valence-corrected chi connectivity index (χ2v) is 8.18. The number of carbonyl (C=O) groups excluding carboxylic acids is 2. The van der Waals surface area contributed by atoms with Crippen LogP contribution in [-0.4, -0.2) is 23.3 Å². The van der Waals surface area contributed by atoms with Crippen molar-refractivity contribution in [2.75, 3.05) is 11.9 Å². The smallest absolute Gasteiger partial charge is 0.265 e. The highest BCUT2D eigenvalue weighted by Crippen LogP contribution is 2.33. The van der Waals surface area contributed by atoms with Crippen molar-refractivity contribution in [1.29, 1.82) is 0 Å². The van der Waals surface area contributed by atoms with E-state index in [0.717, 1.165) is 13.0 Å². The number of thiophene rings is 2. The highest BCUT2D eigenvalue weighted by Gasteiger charge is 2.29. The average Bonchev–Trinajstić information content (AvgIpc) is 3.34. The van der Waals surface area contributed by atoms with Crippen molar-refractivity contribution in [1.82, 2.24) is 4.90 Å². The zero-order valence-electron chi connectivity index (χ0n) is 14.3. The van der Waals surface area contributed by atoms with E-state index in [1.807, 2.05) is 22.4 Å². The Bertz CT molecular complexity index is 946. The fourth-order valence-corrected chi connectivity index (χ4v) is 4.86. The van der Waals surface area contributed by atoms with Gasteiger partial charge in [0.15, 0.2) is 0 Å². The third kappa shape index (κ3) is 3.18. The molecule has 0 fully saturated rings. The van der Waals surface area contributed by atoms with Crippen molar-refractivity contribution in [3.05, 3.63) is 74.1 Å². The fourth-order valence-electron chi connectivity index (χ4n) is 3.28. The van der Waals surface area contributed by atoms with Gasteiger partial charge >= 0.3 is 0 Å². The van der Waals surface area contributed by atoms with Crippen molar-refractivity contribution in [3.63, 3.8) is 0 Å². The van der Waals surface area contributed by atoms with E-state index in [4.69, 9.17) is 0 Å². The van der Waals surface area contributed by atoms with Crippen LogP contribution in [0.2, 0.25) is 0 Å². The predicted molar refractivity (Wildman–Crippen MR) is 106 cm³/mol. The SMILES string of the molecule is C[C@@H]1c2ccsc2CCN1C(=O)c1cccc(NC(=O)c2cccs2)c1. The van der Waals surface area contributed by atoms with Crippen LogP contribution >= 0.6 is 22.7 Å². The lowest BCUT2D eigenvalue weighted by Crippen LogP contribution is -2.38. The number of fused-ring (bicyclic) bond motifs is 1. The van der Waals surface area contributed by atoms with Crippen LogP contribution in [0.25, 0.3) is 0 Å². The molecule has 1 aromatic carbocycles. The molecule has 26 heavy (non-hydrogen) atoms. The molecule has 1 aliphatic rings. The Balaban J connectivity index is 1.53. The van der Waals surface area contributed by atoms with Gasteiger partial charge in [-0.15, -0.1) is 22.7 Å². The summed E-state index contributed by atoms with van der Waals surface area (Å²) in [4.78, 5) is 29.2. The molecule has 132 valence electrons. The zero-order chi connectivity index (χ0) is 18.1. The number of benzene rings is 1. The summed E-state index contributed by atoms with van der Waals surface area (Å²) in [6.07, 6.45) is 0.901. The number of amides is 2. The van der Waals surface area contributed by atoms with E-state index in [1.165, 1.54) is 21.8 Å². The number of anilines is 1. The summed E-state index contributed by atoms with van der Waals surface area (Å²) < 4.78 is 0. The number of rotatable bonds is 3. The molecule has 3 aromatic rings. The van der Waals surface area contributed by atoms with Gasteiger partial charge in [0, 0.05) is 22.7 Å². The van der Waals surface area contributed by atoms with Gasteiger partial charge in [0.25, 0.3) is 11.8 Å². The summed E-state index contributed by atoms with van der Waals surface area (Å²) in [5.74, 6) is -0.152. The number of nitrogens with zero attached hydrogens (tertiary/aromatic N) is 1. The molecule has 2 amide bonds. The summed E-state index contributed by atoms with van der Waals surface area (Å²) in [6.45, 7) is 2.80. The largest absolute Gasteiger partial charge is 0.331 e. The van der Waals surface area contributed by atoms with Gasteiger partial charge in [-0.3, -0.25) is 9.59 Å². The molecule has 3 heterocycles. The summed E-state index contributed by atoms with van der Waals surface area (Å²) in [6, 6.07) is 13.0. The molecule has 2 aromatic heterocycles. The molecular weight excluding hydrogens is 364 g/mol. The van der Waals surface area contributed by atoms with E-state index in [-0.39, 0.29) is 17.9 Å². The monoisotopic (exact) mass is 382 g/mol. The van der Waals surface area contributed by atoms with Crippen LogP contribution in [-0.2, 0) is 6.42 Å². The molecule has 1 N–H and O–H groups in total. The first-order chi connectivity index (χ1) is 12.6. The Morgan fingerprint density at radius 3 is 2.81 bits per heavy atom. The minimum atomic E-state index is -0.154. The lowest BCUT2D eigenvalue weighted by molar-refractivity contribution is 0.0679. The van der Waals surface area contributed by atoms with Crippen molar-refractivity contribution < 1.29 is 9.59 Å². The van der Waals surface area contributed by atoms with Gasteiger partial charge in [-0.05, 0) is 60.0 Å². The Kier molecular flexibility index (Phi) is 4.61. The van der Waals surface area contributed by atoms with Crippen molar-refractivity contribution >= 4 is 40.2 Å². The average molecular weight is 383 g/mol. The Morgan fingerprint density at radius 2 is 2.00 bits per heavy atom. The standard InChI is InChI=1S/C20H18N2O2S2/c1-13-16-8-11-26-17(16)7-9-22(13)20(24)14-4-2-5-15(12-14)21-19(23)18-6-3-10-25-18/h2-6,8,10-13H,7,9H2,1H3,(H,21,23)/t13-/m1/s1. The molecule has 0 spiro atoms. The van der Waals surface area contributed by atoms with Gasteiger partial charge in [-0.1, -0.05) is 12.1 Å².